The Bertz CT molecular complexity index is 485. The van der Waals surface area contributed by atoms with E-state index >= 15 is 0 Å². The highest BCUT2D eigenvalue weighted by Crippen LogP contribution is 2.25. The van der Waals surface area contributed by atoms with Gasteiger partial charge in [0.1, 0.15) is 5.75 Å². The van der Waals surface area contributed by atoms with Crippen LogP contribution < -0.4 is 9.88 Å². The highest BCUT2D eigenvalue weighted by atomic mass is 32.2. The zero-order chi connectivity index (χ0) is 13.2. The van der Waals surface area contributed by atoms with Crippen molar-refractivity contribution in [1.29, 1.82) is 0 Å². The maximum atomic E-state index is 11.4. The summed E-state index contributed by atoms with van der Waals surface area (Å²) in [4.78, 5) is 0.189. The molecular formula is C12H19NO3S. The predicted molar refractivity (Wildman–Crippen MR) is 67.7 cm³/mol. The van der Waals surface area contributed by atoms with Gasteiger partial charge in [-0.2, -0.15) is 0 Å². The van der Waals surface area contributed by atoms with Gasteiger partial charge in [0.25, 0.3) is 0 Å². The lowest BCUT2D eigenvalue weighted by atomic mass is 10.1. The first-order valence-corrected chi connectivity index (χ1v) is 7.11. The van der Waals surface area contributed by atoms with Crippen molar-refractivity contribution in [3.8, 4) is 5.75 Å². The Morgan fingerprint density at radius 3 is 2.12 bits per heavy atom. The molecule has 0 radical (unpaired) electrons. The maximum absolute atomic E-state index is 11.4. The Morgan fingerprint density at radius 2 is 1.76 bits per heavy atom. The van der Waals surface area contributed by atoms with E-state index < -0.39 is 10.0 Å². The van der Waals surface area contributed by atoms with Crippen LogP contribution in [0, 0.1) is 13.8 Å². The molecule has 17 heavy (non-hydrogen) atoms. The third kappa shape index (κ3) is 3.44. The van der Waals surface area contributed by atoms with Crippen molar-refractivity contribution in [2.75, 3.05) is 0 Å². The summed E-state index contributed by atoms with van der Waals surface area (Å²) in [6.07, 6.45) is 1.00. The minimum Gasteiger partial charge on any atom is -0.491 e. The second-order valence-electron chi connectivity index (χ2n) is 4.27. The van der Waals surface area contributed by atoms with Crippen molar-refractivity contribution < 1.29 is 13.2 Å². The molecule has 0 spiro atoms. The highest BCUT2D eigenvalue weighted by molar-refractivity contribution is 7.89. The fourth-order valence-corrected chi connectivity index (χ4v) is 2.76. The molecule has 96 valence electrons. The monoisotopic (exact) mass is 257 g/mol. The minimum atomic E-state index is -3.67. The van der Waals surface area contributed by atoms with Crippen molar-refractivity contribution in [2.24, 2.45) is 5.14 Å². The first kappa shape index (κ1) is 14.0. The summed E-state index contributed by atoms with van der Waals surface area (Å²) in [7, 11) is -3.67. The van der Waals surface area contributed by atoms with E-state index in [0.29, 0.717) is 16.9 Å². The number of hydrogen-bond donors (Lipinski definition) is 1. The fourth-order valence-electron chi connectivity index (χ4n) is 1.74. The molecule has 0 saturated heterocycles. The van der Waals surface area contributed by atoms with E-state index in [2.05, 4.69) is 0 Å². The molecular weight excluding hydrogens is 238 g/mol. The third-order valence-electron chi connectivity index (χ3n) is 2.63. The van der Waals surface area contributed by atoms with Crippen LogP contribution in [-0.4, -0.2) is 14.5 Å². The summed E-state index contributed by atoms with van der Waals surface area (Å²) in [6, 6.07) is 3.41. The van der Waals surface area contributed by atoms with Crippen LogP contribution >= 0.6 is 0 Å². The van der Waals surface area contributed by atoms with Crippen molar-refractivity contribution in [3.63, 3.8) is 0 Å². The SMILES string of the molecule is CCC(C)Oc1cc(C)c(S(N)(=O)=O)c(C)c1. The maximum Gasteiger partial charge on any atom is 0.238 e. The van der Waals surface area contributed by atoms with E-state index in [-0.39, 0.29) is 11.0 Å². The summed E-state index contributed by atoms with van der Waals surface area (Å²) in [5.41, 5.74) is 1.23. The van der Waals surface area contributed by atoms with Crippen LogP contribution in [0.15, 0.2) is 17.0 Å². The van der Waals surface area contributed by atoms with Gasteiger partial charge in [0, 0.05) is 0 Å². The molecule has 0 amide bonds. The van der Waals surface area contributed by atoms with E-state index in [1.165, 1.54) is 0 Å². The number of nitrogens with two attached hydrogens (primary N) is 1. The van der Waals surface area contributed by atoms with Crippen LogP contribution in [0.4, 0.5) is 0 Å². The lowest BCUT2D eigenvalue weighted by molar-refractivity contribution is 0.217. The van der Waals surface area contributed by atoms with Crippen LogP contribution in [0.25, 0.3) is 0 Å². The number of primary sulfonamides is 1. The molecule has 1 atom stereocenters. The summed E-state index contributed by atoms with van der Waals surface area (Å²) < 4.78 is 28.5. The second kappa shape index (κ2) is 5.06. The van der Waals surface area contributed by atoms with E-state index in [0.717, 1.165) is 6.42 Å². The molecule has 1 unspecified atom stereocenters. The molecule has 0 fully saturated rings. The largest absolute Gasteiger partial charge is 0.491 e. The lowest BCUT2D eigenvalue weighted by Crippen LogP contribution is -2.16. The molecule has 2 N–H and O–H groups in total. The van der Waals surface area contributed by atoms with Gasteiger partial charge in [-0.05, 0) is 50.5 Å². The van der Waals surface area contributed by atoms with Gasteiger partial charge in [0.05, 0.1) is 11.0 Å². The van der Waals surface area contributed by atoms with Gasteiger partial charge in [-0.15, -0.1) is 0 Å². The molecule has 0 aliphatic rings. The summed E-state index contributed by atoms with van der Waals surface area (Å²) >= 11 is 0. The lowest BCUT2D eigenvalue weighted by Gasteiger charge is -2.15. The summed E-state index contributed by atoms with van der Waals surface area (Å²) in [5.74, 6) is 0.682. The fraction of sp³-hybridized carbons (Fsp3) is 0.500. The molecule has 1 aromatic carbocycles. The Morgan fingerprint density at radius 1 is 1.29 bits per heavy atom. The summed E-state index contributed by atoms with van der Waals surface area (Å²) in [6.45, 7) is 7.44. The zero-order valence-electron chi connectivity index (χ0n) is 10.6. The van der Waals surface area contributed by atoms with Crippen molar-refractivity contribution in [2.45, 2.75) is 45.1 Å². The van der Waals surface area contributed by atoms with Gasteiger partial charge in [0.2, 0.25) is 10.0 Å². The molecule has 0 heterocycles. The molecule has 0 aliphatic heterocycles. The van der Waals surface area contributed by atoms with Crippen LogP contribution in [0.1, 0.15) is 31.4 Å². The minimum absolute atomic E-state index is 0.106. The number of benzene rings is 1. The van der Waals surface area contributed by atoms with E-state index in [9.17, 15) is 8.42 Å². The Balaban J connectivity index is 3.19. The average molecular weight is 257 g/mol. The van der Waals surface area contributed by atoms with Gasteiger partial charge in [0.15, 0.2) is 0 Å². The highest BCUT2D eigenvalue weighted by Gasteiger charge is 2.16. The first-order valence-electron chi connectivity index (χ1n) is 5.56. The summed E-state index contributed by atoms with van der Waals surface area (Å²) in [5, 5.41) is 5.17. The quantitative estimate of drug-likeness (QED) is 0.898. The Labute approximate surface area is 103 Å². The number of sulfonamides is 1. The zero-order valence-corrected chi connectivity index (χ0v) is 11.5. The van der Waals surface area contributed by atoms with Crippen molar-refractivity contribution >= 4 is 10.0 Å². The topological polar surface area (TPSA) is 69.4 Å². The second-order valence-corrected chi connectivity index (χ2v) is 5.77. The van der Waals surface area contributed by atoms with Crippen LogP contribution in [0.5, 0.6) is 5.75 Å². The van der Waals surface area contributed by atoms with E-state index in [4.69, 9.17) is 9.88 Å². The van der Waals surface area contributed by atoms with Crippen molar-refractivity contribution in [3.05, 3.63) is 23.3 Å². The van der Waals surface area contributed by atoms with E-state index in [1.54, 1.807) is 26.0 Å². The predicted octanol–water partition coefficient (Wildman–Crippen LogP) is 2.13. The third-order valence-corrected chi connectivity index (χ3v) is 3.84. The van der Waals surface area contributed by atoms with Crippen molar-refractivity contribution in [1.82, 2.24) is 0 Å². The molecule has 0 aliphatic carbocycles. The van der Waals surface area contributed by atoms with Gasteiger partial charge in [-0.1, -0.05) is 6.92 Å². The average Bonchev–Trinajstić information content (AvgIpc) is 2.13. The van der Waals surface area contributed by atoms with Gasteiger partial charge >= 0.3 is 0 Å². The number of hydrogen-bond acceptors (Lipinski definition) is 3. The first-order chi connectivity index (χ1) is 7.75. The number of aryl methyl sites for hydroxylation is 2. The number of ether oxygens (including phenoxy) is 1. The Kier molecular flexibility index (Phi) is 4.16. The van der Waals surface area contributed by atoms with Crippen LogP contribution in [0.3, 0.4) is 0 Å². The van der Waals surface area contributed by atoms with Crippen LogP contribution in [0.2, 0.25) is 0 Å². The molecule has 0 aromatic heterocycles. The van der Waals surface area contributed by atoms with Gasteiger partial charge < -0.3 is 4.74 Å². The molecule has 1 rings (SSSR count). The van der Waals surface area contributed by atoms with Gasteiger partial charge in [-0.3, -0.25) is 0 Å². The smallest absolute Gasteiger partial charge is 0.238 e. The molecule has 0 bridgehead atoms. The normalized spacial score (nSPS) is 13.5. The van der Waals surface area contributed by atoms with Gasteiger partial charge in [-0.25, -0.2) is 13.6 Å². The molecule has 1 aromatic rings. The Hall–Kier alpha value is -1.07. The number of rotatable bonds is 4. The molecule has 4 nitrogen and oxygen atoms in total. The standard InChI is InChI=1S/C12H19NO3S/c1-5-10(4)16-11-6-8(2)12(9(3)7-11)17(13,14)15/h6-7,10H,5H2,1-4H3,(H2,13,14,15). The molecule has 0 saturated carbocycles. The van der Waals surface area contributed by atoms with E-state index in [1.807, 2.05) is 13.8 Å². The van der Waals surface area contributed by atoms with Crippen LogP contribution in [-0.2, 0) is 10.0 Å². The molecule has 5 heteroatoms.